The van der Waals surface area contributed by atoms with Gasteiger partial charge in [0.25, 0.3) is 0 Å². The minimum absolute atomic E-state index is 0.0267. The van der Waals surface area contributed by atoms with Crippen LogP contribution in [-0.2, 0) is 4.74 Å². The molecule has 2 saturated carbocycles. The summed E-state index contributed by atoms with van der Waals surface area (Å²) in [6.07, 6.45) is 10.3. The first-order chi connectivity index (χ1) is 8.57. The van der Waals surface area contributed by atoms with Gasteiger partial charge in [-0.05, 0) is 70.1 Å². The Labute approximate surface area is 111 Å². The Morgan fingerprint density at radius 2 is 1.89 bits per heavy atom. The number of ether oxygens (including phenoxy) is 1. The van der Waals surface area contributed by atoms with Crippen molar-refractivity contribution in [1.29, 1.82) is 0 Å². The van der Waals surface area contributed by atoms with Crippen molar-refractivity contribution >= 4 is 0 Å². The SMILES string of the molecule is CC1(C)OC2(C3CCCC3)CCC1C(CCO)C2. The molecule has 104 valence electrons. The Morgan fingerprint density at radius 1 is 1.17 bits per heavy atom. The number of hydrogen-bond acceptors (Lipinski definition) is 2. The molecule has 2 heterocycles. The van der Waals surface area contributed by atoms with Crippen LogP contribution in [0, 0.1) is 17.8 Å². The summed E-state index contributed by atoms with van der Waals surface area (Å²) in [5, 5.41) is 9.33. The molecular weight excluding hydrogens is 224 g/mol. The molecular formula is C16H28O2. The van der Waals surface area contributed by atoms with Crippen LogP contribution >= 0.6 is 0 Å². The molecule has 2 saturated heterocycles. The summed E-state index contributed by atoms with van der Waals surface area (Å²) in [4.78, 5) is 0. The van der Waals surface area contributed by atoms with Crippen LogP contribution in [0.2, 0.25) is 0 Å². The topological polar surface area (TPSA) is 29.5 Å². The van der Waals surface area contributed by atoms with E-state index in [4.69, 9.17) is 4.74 Å². The lowest BCUT2D eigenvalue weighted by atomic mass is 9.58. The van der Waals surface area contributed by atoms with Gasteiger partial charge in [0.2, 0.25) is 0 Å². The molecule has 0 aromatic heterocycles. The van der Waals surface area contributed by atoms with Crippen molar-refractivity contribution < 1.29 is 9.84 Å². The maximum absolute atomic E-state index is 9.33. The first-order valence-electron chi connectivity index (χ1n) is 7.88. The van der Waals surface area contributed by atoms with Gasteiger partial charge >= 0.3 is 0 Å². The van der Waals surface area contributed by atoms with Crippen LogP contribution in [-0.4, -0.2) is 22.9 Å². The van der Waals surface area contributed by atoms with Gasteiger partial charge in [-0.1, -0.05) is 12.8 Å². The van der Waals surface area contributed by atoms with E-state index in [0.29, 0.717) is 18.4 Å². The summed E-state index contributed by atoms with van der Waals surface area (Å²) in [5.74, 6) is 2.14. The van der Waals surface area contributed by atoms with E-state index >= 15 is 0 Å². The fourth-order valence-corrected chi connectivity index (χ4v) is 5.31. The van der Waals surface area contributed by atoms with E-state index in [0.717, 1.165) is 12.3 Å². The van der Waals surface area contributed by atoms with E-state index in [1.54, 1.807) is 0 Å². The molecule has 2 heteroatoms. The van der Waals surface area contributed by atoms with E-state index in [1.807, 2.05) is 0 Å². The van der Waals surface area contributed by atoms with Crippen molar-refractivity contribution in [3.05, 3.63) is 0 Å². The highest BCUT2D eigenvalue weighted by molar-refractivity contribution is 5.07. The number of aliphatic hydroxyl groups excluding tert-OH is 1. The highest BCUT2D eigenvalue weighted by atomic mass is 16.5. The third-order valence-corrected chi connectivity index (χ3v) is 6.01. The molecule has 2 aliphatic heterocycles. The van der Waals surface area contributed by atoms with Crippen LogP contribution < -0.4 is 0 Å². The molecule has 4 rings (SSSR count). The van der Waals surface area contributed by atoms with Crippen LogP contribution in [0.5, 0.6) is 0 Å². The average molecular weight is 252 g/mol. The number of rotatable bonds is 3. The highest BCUT2D eigenvalue weighted by Crippen LogP contribution is 2.58. The molecule has 2 bridgehead atoms. The van der Waals surface area contributed by atoms with E-state index in [1.165, 1.54) is 44.9 Å². The fourth-order valence-electron chi connectivity index (χ4n) is 5.31. The first-order valence-corrected chi connectivity index (χ1v) is 7.88. The molecule has 3 unspecified atom stereocenters. The standard InChI is InChI=1S/C16H28O2/c1-15(2)14-7-9-16(18-15,11-12(14)8-10-17)13-5-3-4-6-13/h12-14,17H,3-11H2,1-2H3. The van der Waals surface area contributed by atoms with Crippen LogP contribution in [0.4, 0.5) is 0 Å². The second-order valence-electron chi connectivity index (χ2n) is 7.37. The summed E-state index contributed by atoms with van der Waals surface area (Å²) in [5.41, 5.74) is 0.188. The minimum Gasteiger partial charge on any atom is -0.396 e. The van der Waals surface area contributed by atoms with Gasteiger partial charge in [-0.2, -0.15) is 0 Å². The van der Waals surface area contributed by atoms with Gasteiger partial charge in [0, 0.05) is 6.61 Å². The Kier molecular flexibility index (Phi) is 3.22. The Hall–Kier alpha value is -0.0800. The van der Waals surface area contributed by atoms with Gasteiger partial charge in [0.15, 0.2) is 0 Å². The zero-order chi connectivity index (χ0) is 12.8. The Balaban J connectivity index is 1.85. The van der Waals surface area contributed by atoms with Gasteiger partial charge in [-0.25, -0.2) is 0 Å². The molecule has 0 aromatic rings. The van der Waals surface area contributed by atoms with E-state index in [2.05, 4.69) is 13.8 Å². The second-order valence-corrected chi connectivity index (χ2v) is 7.37. The predicted octanol–water partition coefficient (Wildman–Crippen LogP) is 3.52. The summed E-state index contributed by atoms with van der Waals surface area (Å²) < 4.78 is 6.64. The molecule has 4 aliphatic rings. The summed E-state index contributed by atoms with van der Waals surface area (Å²) in [7, 11) is 0. The molecule has 0 aromatic carbocycles. The van der Waals surface area contributed by atoms with Crippen molar-refractivity contribution in [2.24, 2.45) is 17.8 Å². The van der Waals surface area contributed by atoms with E-state index in [-0.39, 0.29) is 11.2 Å². The lowest BCUT2D eigenvalue weighted by Crippen LogP contribution is -2.61. The second kappa shape index (κ2) is 4.49. The van der Waals surface area contributed by atoms with Crippen molar-refractivity contribution in [3.8, 4) is 0 Å². The minimum atomic E-state index is 0.0267. The Bertz CT molecular complexity index is 306. The van der Waals surface area contributed by atoms with Crippen molar-refractivity contribution in [3.63, 3.8) is 0 Å². The summed E-state index contributed by atoms with van der Waals surface area (Å²) in [6, 6.07) is 0. The maximum Gasteiger partial charge on any atom is 0.0720 e. The average Bonchev–Trinajstić information content (AvgIpc) is 2.82. The molecule has 18 heavy (non-hydrogen) atoms. The molecule has 0 amide bonds. The van der Waals surface area contributed by atoms with Crippen molar-refractivity contribution in [2.45, 2.75) is 76.4 Å². The molecule has 0 radical (unpaired) electrons. The van der Waals surface area contributed by atoms with Gasteiger partial charge in [-0.15, -0.1) is 0 Å². The number of aliphatic hydroxyl groups is 1. The molecule has 2 aliphatic carbocycles. The molecule has 0 spiro atoms. The van der Waals surface area contributed by atoms with E-state index in [9.17, 15) is 5.11 Å². The van der Waals surface area contributed by atoms with Gasteiger partial charge in [0.05, 0.1) is 11.2 Å². The number of hydrogen-bond donors (Lipinski definition) is 1. The largest absolute Gasteiger partial charge is 0.396 e. The van der Waals surface area contributed by atoms with Gasteiger partial charge in [-0.3, -0.25) is 0 Å². The van der Waals surface area contributed by atoms with Gasteiger partial charge < -0.3 is 9.84 Å². The molecule has 4 fully saturated rings. The van der Waals surface area contributed by atoms with Gasteiger partial charge in [0.1, 0.15) is 0 Å². The summed E-state index contributed by atoms with van der Waals surface area (Å²) in [6.45, 7) is 4.91. The maximum atomic E-state index is 9.33. The number of fused-ring (bicyclic) bond motifs is 3. The zero-order valence-electron chi connectivity index (χ0n) is 12.0. The van der Waals surface area contributed by atoms with Crippen LogP contribution in [0.3, 0.4) is 0 Å². The van der Waals surface area contributed by atoms with E-state index < -0.39 is 0 Å². The highest BCUT2D eigenvalue weighted by Gasteiger charge is 2.57. The monoisotopic (exact) mass is 252 g/mol. The van der Waals surface area contributed by atoms with Crippen LogP contribution in [0.25, 0.3) is 0 Å². The smallest absolute Gasteiger partial charge is 0.0720 e. The zero-order valence-corrected chi connectivity index (χ0v) is 12.0. The first kappa shape index (κ1) is 12.9. The fraction of sp³-hybridized carbons (Fsp3) is 1.00. The third kappa shape index (κ3) is 1.92. The van der Waals surface area contributed by atoms with Crippen molar-refractivity contribution in [2.75, 3.05) is 6.61 Å². The predicted molar refractivity (Wildman–Crippen MR) is 72.4 cm³/mol. The van der Waals surface area contributed by atoms with Crippen LogP contribution in [0.1, 0.15) is 65.2 Å². The third-order valence-electron chi connectivity index (χ3n) is 6.01. The Morgan fingerprint density at radius 3 is 2.50 bits per heavy atom. The molecule has 1 N–H and O–H groups in total. The molecule has 2 nitrogen and oxygen atoms in total. The quantitative estimate of drug-likeness (QED) is 0.832. The lowest BCUT2D eigenvalue weighted by molar-refractivity contribution is -0.277. The van der Waals surface area contributed by atoms with Crippen molar-refractivity contribution in [1.82, 2.24) is 0 Å². The summed E-state index contributed by atoms with van der Waals surface area (Å²) >= 11 is 0. The normalized spacial score (nSPS) is 43.5. The lowest BCUT2D eigenvalue weighted by Gasteiger charge is -2.61. The molecule has 3 atom stereocenters. The van der Waals surface area contributed by atoms with Crippen LogP contribution in [0.15, 0.2) is 0 Å².